The first-order chi connectivity index (χ1) is 10.1. The minimum absolute atomic E-state index is 0.103. The molecule has 1 saturated carbocycles. The maximum absolute atomic E-state index is 11.7. The van der Waals surface area contributed by atoms with Gasteiger partial charge in [0.15, 0.2) is 0 Å². The lowest BCUT2D eigenvalue weighted by atomic mass is 10.2. The Hall–Kier alpha value is -2.00. The summed E-state index contributed by atoms with van der Waals surface area (Å²) in [5, 5.41) is 28.5. The molecular weight excluding hydrogens is 292 g/mol. The minimum Gasteiger partial charge on any atom is -0.386 e. The van der Waals surface area contributed by atoms with Crippen LogP contribution in [0.2, 0.25) is 0 Å². The molecule has 21 heavy (non-hydrogen) atoms. The highest BCUT2D eigenvalue weighted by Crippen LogP contribution is 2.41. The van der Waals surface area contributed by atoms with Gasteiger partial charge in [0.1, 0.15) is 5.01 Å². The fourth-order valence-electron chi connectivity index (χ4n) is 1.84. The van der Waals surface area contributed by atoms with E-state index in [1.54, 1.807) is 24.1 Å². The smallest absolute Gasteiger partial charge is 0.321 e. The van der Waals surface area contributed by atoms with Crippen LogP contribution in [0, 0.1) is 0 Å². The summed E-state index contributed by atoms with van der Waals surface area (Å²) < 4.78 is 1.60. The van der Waals surface area contributed by atoms with Gasteiger partial charge in [-0.2, -0.15) is 5.10 Å². The number of aliphatic hydroxyl groups is 1. The predicted molar refractivity (Wildman–Crippen MR) is 77.1 cm³/mol. The number of carbonyl (C=O) groups is 1. The third-order valence-electron chi connectivity index (χ3n) is 3.15. The number of nitrogens with one attached hydrogen (secondary N) is 2. The number of aliphatic hydroxyl groups excluding tert-OH is 1. The van der Waals surface area contributed by atoms with E-state index in [2.05, 4.69) is 25.9 Å². The van der Waals surface area contributed by atoms with Crippen LogP contribution in [0.25, 0.3) is 0 Å². The Morgan fingerprint density at radius 1 is 1.57 bits per heavy atom. The second kappa shape index (κ2) is 5.78. The van der Waals surface area contributed by atoms with Gasteiger partial charge in [-0.25, -0.2) is 4.79 Å². The minimum atomic E-state index is -0.791. The van der Waals surface area contributed by atoms with Gasteiger partial charge in [-0.15, -0.1) is 10.2 Å². The molecule has 1 aliphatic carbocycles. The molecule has 0 saturated heterocycles. The Kier molecular flexibility index (Phi) is 3.84. The number of aryl methyl sites for hydroxylation is 1. The average Bonchev–Trinajstić information content (AvgIpc) is 3.06. The summed E-state index contributed by atoms with van der Waals surface area (Å²) in [6.07, 6.45) is 4.78. The molecule has 0 aromatic carbocycles. The molecule has 9 heteroatoms. The molecule has 2 amide bonds. The van der Waals surface area contributed by atoms with E-state index in [4.69, 9.17) is 0 Å². The highest BCUT2D eigenvalue weighted by atomic mass is 32.1. The van der Waals surface area contributed by atoms with Crippen LogP contribution >= 0.6 is 11.3 Å². The Morgan fingerprint density at radius 3 is 3.05 bits per heavy atom. The second-order valence-electron chi connectivity index (χ2n) is 5.02. The zero-order valence-electron chi connectivity index (χ0n) is 11.5. The lowest BCUT2D eigenvalue weighted by Crippen LogP contribution is -2.32. The molecule has 3 rings (SSSR count). The largest absolute Gasteiger partial charge is 0.386 e. The molecule has 1 aliphatic rings. The first kappa shape index (κ1) is 14.0. The Balaban J connectivity index is 1.47. The summed E-state index contributed by atoms with van der Waals surface area (Å²) in [5.74, 6) is 0.522. The molecule has 3 N–H and O–H groups in total. The van der Waals surface area contributed by atoms with Crippen molar-refractivity contribution >= 4 is 22.5 Å². The van der Waals surface area contributed by atoms with Gasteiger partial charge in [-0.05, 0) is 12.8 Å². The normalized spacial score (nSPS) is 15.7. The quantitative estimate of drug-likeness (QED) is 0.764. The topological polar surface area (TPSA) is 105 Å². The van der Waals surface area contributed by atoms with E-state index in [0.717, 1.165) is 17.8 Å². The molecule has 0 unspecified atom stereocenters. The van der Waals surface area contributed by atoms with Crippen molar-refractivity contribution in [3.63, 3.8) is 0 Å². The third-order valence-corrected chi connectivity index (χ3v) is 4.15. The van der Waals surface area contributed by atoms with Gasteiger partial charge in [-0.3, -0.25) is 10.00 Å². The number of urea groups is 1. The van der Waals surface area contributed by atoms with Gasteiger partial charge < -0.3 is 10.4 Å². The summed E-state index contributed by atoms with van der Waals surface area (Å²) in [5.41, 5.74) is 0.657. The molecule has 1 atom stereocenters. The number of nitrogens with zero attached hydrogens (tertiary/aromatic N) is 4. The lowest BCUT2D eigenvalue weighted by molar-refractivity contribution is 0.175. The number of anilines is 1. The zero-order chi connectivity index (χ0) is 14.8. The van der Waals surface area contributed by atoms with E-state index in [-0.39, 0.29) is 6.54 Å². The van der Waals surface area contributed by atoms with Gasteiger partial charge >= 0.3 is 6.03 Å². The van der Waals surface area contributed by atoms with Crippen molar-refractivity contribution in [3.8, 4) is 0 Å². The number of carbonyl (C=O) groups excluding carboxylic acids is 1. The lowest BCUT2D eigenvalue weighted by Gasteiger charge is -2.09. The van der Waals surface area contributed by atoms with Gasteiger partial charge in [0.2, 0.25) is 5.13 Å². The summed E-state index contributed by atoms with van der Waals surface area (Å²) in [6.45, 7) is 0.103. The number of hydrogen-bond donors (Lipinski definition) is 3. The predicted octanol–water partition coefficient (Wildman–Crippen LogP) is 1.00. The van der Waals surface area contributed by atoms with Gasteiger partial charge in [0, 0.05) is 31.3 Å². The summed E-state index contributed by atoms with van der Waals surface area (Å²) in [6, 6.07) is -0.406. The first-order valence-electron chi connectivity index (χ1n) is 6.66. The molecule has 2 heterocycles. The van der Waals surface area contributed by atoms with E-state index in [1.807, 2.05) is 0 Å². The molecule has 0 aliphatic heterocycles. The van der Waals surface area contributed by atoms with Crippen LogP contribution in [0.15, 0.2) is 12.4 Å². The van der Waals surface area contributed by atoms with Crippen molar-refractivity contribution in [2.24, 2.45) is 7.05 Å². The maximum atomic E-state index is 11.7. The van der Waals surface area contributed by atoms with Gasteiger partial charge in [0.05, 0.1) is 12.3 Å². The monoisotopic (exact) mass is 308 g/mol. The van der Waals surface area contributed by atoms with E-state index >= 15 is 0 Å². The number of aromatic nitrogens is 4. The Labute approximate surface area is 125 Å². The number of rotatable bonds is 5. The first-order valence-corrected chi connectivity index (χ1v) is 7.48. The summed E-state index contributed by atoms with van der Waals surface area (Å²) >= 11 is 1.40. The standard InChI is InChI=1S/C12H16N6O2S/c1-18-6-8(4-14-18)9(19)5-13-11(20)15-12-17-16-10(21-12)7-2-3-7/h4,6-7,9,19H,2-3,5H2,1H3,(H2,13,15,17,20)/t9-/m0/s1. The van der Waals surface area contributed by atoms with Crippen molar-refractivity contribution < 1.29 is 9.90 Å². The van der Waals surface area contributed by atoms with Crippen LogP contribution in [-0.2, 0) is 7.05 Å². The fourth-order valence-corrected chi connectivity index (χ4v) is 2.75. The highest BCUT2D eigenvalue weighted by Gasteiger charge is 2.27. The van der Waals surface area contributed by atoms with Gasteiger partial charge in [-0.1, -0.05) is 11.3 Å². The number of amides is 2. The molecule has 1 fully saturated rings. The van der Waals surface area contributed by atoms with Crippen LogP contribution in [0.4, 0.5) is 9.93 Å². The van der Waals surface area contributed by atoms with Gasteiger partial charge in [0.25, 0.3) is 0 Å². The molecule has 8 nitrogen and oxygen atoms in total. The van der Waals surface area contributed by atoms with E-state index in [0.29, 0.717) is 16.6 Å². The molecule has 0 bridgehead atoms. The SMILES string of the molecule is Cn1cc([C@@H](O)CNC(=O)Nc2nnc(C3CC3)s2)cn1. The van der Waals surface area contributed by atoms with Crippen molar-refractivity contribution in [2.45, 2.75) is 24.9 Å². The van der Waals surface area contributed by atoms with Crippen molar-refractivity contribution in [2.75, 3.05) is 11.9 Å². The Bertz CT molecular complexity index is 635. The zero-order valence-corrected chi connectivity index (χ0v) is 12.3. The van der Waals surface area contributed by atoms with Crippen LogP contribution in [0.3, 0.4) is 0 Å². The van der Waals surface area contributed by atoms with E-state index < -0.39 is 12.1 Å². The molecule has 0 spiro atoms. The maximum Gasteiger partial charge on any atom is 0.321 e. The van der Waals surface area contributed by atoms with Crippen molar-refractivity contribution in [3.05, 3.63) is 23.0 Å². The molecule has 2 aromatic heterocycles. The molecule has 2 aromatic rings. The summed E-state index contributed by atoms with van der Waals surface area (Å²) in [4.78, 5) is 11.7. The van der Waals surface area contributed by atoms with Crippen molar-refractivity contribution in [1.29, 1.82) is 0 Å². The molecular formula is C12H16N6O2S. The third kappa shape index (κ3) is 3.56. The van der Waals surface area contributed by atoms with Crippen molar-refractivity contribution in [1.82, 2.24) is 25.3 Å². The Morgan fingerprint density at radius 2 is 2.38 bits per heavy atom. The molecule has 0 radical (unpaired) electrons. The van der Waals surface area contributed by atoms with Crippen LogP contribution in [-0.4, -0.2) is 37.7 Å². The van der Waals surface area contributed by atoms with E-state index in [9.17, 15) is 9.90 Å². The molecule has 112 valence electrons. The van der Waals surface area contributed by atoms with Crippen LogP contribution in [0.1, 0.15) is 35.4 Å². The van der Waals surface area contributed by atoms with E-state index in [1.165, 1.54) is 11.3 Å². The van der Waals surface area contributed by atoms with Crippen LogP contribution in [0.5, 0.6) is 0 Å². The number of hydrogen-bond acceptors (Lipinski definition) is 6. The average molecular weight is 308 g/mol. The van der Waals surface area contributed by atoms with Crippen LogP contribution < -0.4 is 10.6 Å². The highest BCUT2D eigenvalue weighted by molar-refractivity contribution is 7.15. The summed E-state index contributed by atoms with van der Waals surface area (Å²) in [7, 11) is 1.77. The fraction of sp³-hybridized carbons (Fsp3) is 0.500. The second-order valence-corrected chi connectivity index (χ2v) is 6.03.